The summed E-state index contributed by atoms with van der Waals surface area (Å²) in [6.07, 6.45) is 11.5. The number of hydrogen-bond acceptors (Lipinski definition) is 18. The Morgan fingerprint density at radius 1 is 0.839 bits per heavy atom. The second-order valence-corrected chi connectivity index (χ2v) is 14.8. The molecule has 2 fully saturated rings. The molecule has 0 bridgehead atoms. The van der Waals surface area contributed by atoms with Gasteiger partial charge in [0.15, 0.2) is 12.0 Å². The van der Waals surface area contributed by atoms with Crippen molar-refractivity contribution >= 4 is 35.6 Å². The second-order valence-electron chi connectivity index (χ2n) is 14.8. The van der Waals surface area contributed by atoms with Gasteiger partial charge in [0.2, 0.25) is 29.7 Å². The third-order valence-electron chi connectivity index (χ3n) is 10.1. The number of piperazine rings is 2. The number of nitrogens with one attached hydrogen (secondary N) is 1. The summed E-state index contributed by atoms with van der Waals surface area (Å²) in [6, 6.07) is -0.911. The van der Waals surface area contributed by atoms with Gasteiger partial charge in [-0.2, -0.15) is 15.0 Å². The number of unbranched alkanes of at least 4 members (excludes halogenated alkanes) is 1. The van der Waals surface area contributed by atoms with Crippen molar-refractivity contribution in [2.75, 3.05) is 127 Å². The molecule has 3 aromatic rings. The van der Waals surface area contributed by atoms with Crippen molar-refractivity contribution in [2.24, 2.45) is 22.2 Å². The molecular weight excluding hydrogens is 805 g/mol. The maximum Gasteiger partial charge on any atom is 0.250 e. The van der Waals surface area contributed by atoms with Crippen LogP contribution in [0.5, 0.6) is 0 Å². The van der Waals surface area contributed by atoms with Gasteiger partial charge in [0.05, 0.1) is 50.5 Å². The van der Waals surface area contributed by atoms with E-state index in [-0.39, 0.29) is 30.9 Å². The minimum absolute atomic E-state index is 0.0486. The van der Waals surface area contributed by atoms with E-state index in [1.54, 1.807) is 33.8 Å². The molecule has 2 aliphatic rings. The lowest BCUT2D eigenvalue weighted by Crippen LogP contribution is -2.52. The first-order valence-electron chi connectivity index (χ1n) is 21.1. The van der Waals surface area contributed by atoms with E-state index in [9.17, 15) is 14.7 Å². The molecule has 62 heavy (non-hydrogen) atoms. The first-order chi connectivity index (χ1) is 30.1. The molecule has 5 rings (SSSR count). The smallest absolute Gasteiger partial charge is 0.250 e. The number of aryl methyl sites for hydroxylation is 2. The third kappa shape index (κ3) is 15.0. The number of carbonyl (C=O) groups excluding carboxylic acids is 2. The molecule has 24 heteroatoms. The van der Waals surface area contributed by atoms with Gasteiger partial charge in [-0.15, -0.1) is 16.6 Å². The Labute approximate surface area is 361 Å². The van der Waals surface area contributed by atoms with E-state index in [2.05, 4.69) is 36.9 Å². The van der Waals surface area contributed by atoms with Gasteiger partial charge in [0, 0.05) is 77.8 Å². The molecule has 8 N–H and O–H groups in total. The van der Waals surface area contributed by atoms with Gasteiger partial charge in [-0.3, -0.25) is 14.6 Å². The van der Waals surface area contributed by atoms with Crippen LogP contribution < -0.4 is 32.3 Å². The van der Waals surface area contributed by atoms with Crippen molar-refractivity contribution in [3.8, 4) is 12.3 Å². The number of ether oxygens (including phenoxy) is 3. The lowest BCUT2D eigenvalue weighted by atomic mass is 10.1. The minimum atomic E-state index is -0.987. The lowest BCUT2D eigenvalue weighted by molar-refractivity contribution is -0.138. The Balaban J connectivity index is 1.18. The highest BCUT2D eigenvalue weighted by Gasteiger charge is 2.34. The number of aliphatic imine (C=N–C) groups is 1. The summed E-state index contributed by atoms with van der Waals surface area (Å²) in [5.41, 5.74) is 17.9. The van der Waals surface area contributed by atoms with Crippen molar-refractivity contribution in [1.29, 1.82) is 0 Å². The predicted molar refractivity (Wildman–Crippen MR) is 229 cm³/mol. The molecule has 340 valence electrons. The average molecular weight is 867 g/mol. The highest BCUT2D eigenvalue weighted by Crippen LogP contribution is 2.22. The van der Waals surface area contributed by atoms with Crippen LogP contribution in [0.4, 0.5) is 17.8 Å². The molecule has 2 saturated heterocycles. The molecule has 3 aromatic heterocycles. The topological polar surface area (TPSA) is 298 Å². The lowest BCUT2D eigenvalue weighted by Gasteiger charge is -2.37. The number of rotatable bonds is 26. The number of aliphatic hydroxyl groups excluding tert-OH is 1. The number of hydrogen-bond donors (Lipinski definition) is 5. The van der Waals surface area contributed by atoms with Crippen molar-refractivity contribution in [3.05, 3.63) is 23.8 Å². The number of nitrogens with zero attached hydrogens (tertiary/aromatic N) is 14. The number of guanidine groups is 1. The maximum absolute atomic E-state index is 13.8. The van der Waals surface area contributed by atoms with E-state index < -0.39 is 12.1 Å². The van der Waals surface area contributed by atoms with Gasteiger partial charge in [0.25, 0.3) is 0 Å². The zero-order chi connectivity index (χ0) is 44.1. The summed E-state index contributed by atoms with van der Waals surface area (Å²) in [7, 11) is 0. The van der Waals surface area contributed by atoms with Gasteiger partial charge in [-0.25, -0.2) is 9.36 Å². The summed E-state index contributed by atoms with van der Waals surface area (Å²) in [6.45, 7) is 9.02. The maximum atomic E-state index is 13.8. The molecule has 2 aliphatic heterocycles. The summed E-state index contributed by atoms with van der Waals surface area (Å²) in [5, 5.41) is 30.6. The van der Waals surface area contributed by atoms with E-state index in [1.165, 1.54) is 4.68 Å². The van der Waals surface area contributed by atoms with E-state index >= 15 is 0 Å². The number of carbonyl (C=O) groups is 2. The summed E-state index contributed by atoms with van der Waals surface area (Å²) >= 11 is 0. The predicted octanol–water partition coefficient (Wildman–Crippen LogP) is -2.74. The second kappa shape index (κ2) is 25.3. The standard InChI is InChI=1S/C38H62N18O6/c1-3-20-60-22-24-62-25-23-61-21-11-43-36-44-37(53-16-12-51(13-17-53)32(58)28-55-26-30(47-49-55)8-6-10-42-35(40)41)46-38(45-36)54-18-14-52(15-19-54)34(59)33(29(2)57)56-27-31(48-50-56)7-4-5-9-39/h1,26-27,29,33,57H,4-25,28,39H2,2H3,(H4,40,41,42)(H,43,44,45,46). The number of terminal acetylenes is 1. The van der Waals surface area contributed by atoms with Gasteiger partial charge >= 0.3 is 0 Å². The van der Waals surface area contributed by atoms with E-state index in [1.807, 2.05) is 9.80 Å². The van der Waals surface area contributed by atoms with Crippen LogP contribution in [0.3, 0.4) is 0 Å². The van der Waals surface area contributed by atoms with Crippen LogP contribution in [0.1, 0.15) is 43.6 Å². The highest BCUT2D eigenvalue weighted by molar-refractivity contribution is 5.81. The molecule has 2 amide bonds. The van der Waals surface area contributed by atoms with Crippen molar-refractivity contribution in [1.82, 2.24) is 54.7 Å². The fraction of sp³-hybridized carbons (Fsp3) is 0.684. The first kappa shape index (κ1) is 47.3. The van der Waals surface area contributed by atoms with E-state index in [0.717, 1.165) is 24.2 Å². The number of nitrogens with two attached hydrogens (primary N) is 3. The monoisotopic (exact) mass is 867 g/mol. The fourth-order valence-electron chi connectivity index (χ4n) is 6.78. The van der Waals surface area contributed by atoms with Gasteiger partial charge in [0.1, 0.15) is 13.2 Å². The molecule has 2 atom stereocenters. The zero-order valence-corrected chi connectivity index (χ0v) is 35.6. The van der Waals surface area contributed by atoms with Crippen LogP contribution in [0, 0.1) is 12.3 Å². The van der Waals surface area contributed by atoms with Crippen molar-refractivity contribution < 1.29 is 28.9 Å². The summed E-state index contributed by atoms with van der Waals surface area (Å²) in [4.78, 5) is 53.0. The van der Waals surface area contributed by atoms with Crippen molar-refractivity contribution in [3.63, 3.8) is 0 Å². The molecule has 5 heterocycles. The molecule has 0 spiro atoms. The molecule has 0 aliphatic carbocycles. The van der Waals surface area contributed by atoms with Crippen LogP contribution in [-0.4, -0.2) is 195 Å². The fourth-order valence-corrected chi connectivity index (χ4v) is 6.78. The van der Waals surface area contributed by atoms with Crippen LogP contribution in [0.2, 0.25) is 0 Å². The molecule has 24 nitrogen and oxygen atoms in total. The number of aliphatic hydroxyl groups is 1. The number of anilines is 3. The number of aromatic nitrogens is 9. The Hall–Kier alpha value is -5.74. The van der Waals surface area contributed by atoms with Crippen LogP contribution in [-0.2, 0) is 43.2 Å². The normalized spacial score (nSPS) is 15.3. The number of amides is 2. The van der Waals surface area contributed by atoms with Gasteiger partial charge < -0.3 is 61.4 Å². The van der Waals surface area contributed by atoms with E-state index in [4.69, 9.17) is 52.8 Å². The Morgan fingerprint density at radius 2 is 1.45 bits per heavy atom. The van der Waals surface area contributed by atoms with Crippen LogP contribution in [0.15, 0.2) is 17.4 Å². The Kier molecular flexibility index (Phi) is 19.3. The molecular formula is C38H62N18O6. The molecule has 2 unspecified atom stereocenters. The summed E-state index contributed by atoms with van der Waals surface area (Å²) in [5.74, 6) is 3.44. The Bertz CT molecular complexity index is 1880. The highest BCUT2D eigenvalue weighted by atomic mass is 16.5. The van der Waals surface area contributed by atoms with Gasteiger partial charge in [-0.05, 0) is 45.6 Å². The largest absolute Gasteiger partial charge is 0.391 e. The SMILES string of the molecule is C#CCOCCOCCOCCNc1nc(N2CCN(C(=O)Cn3cc(CCCN=C(N)N)nn3)CC2)nc(N2CCN(C(=O)C(C(C)O)n3cc(CCCCN)nn3)CC2)n1. The minimum Gasteiger partial charge on any atom is -0.391 e. The molecule has 0 radical (unpaired) electrons. The first-order valence-corrected chi connectivity index (χ1v) is 21.1. The van der Waals surface area contributed by atoms with Crippen molar-refractivity contribution in [2.45, 2.75) is 57.7 Å². The van der Waals surface area contributed by atoms with Gasteiger partial charge in [-0.1, -0.05) is 16.3 Å². The zero-order valence-electron chi connectivity index (χ0n) is 35.6. The van der Waals surface area contributed by atoms with E-state index in [0.29, 0.717) is 142 Å². The molecule has 0 saturated carbocycles. The third-order valence-corrected chi connectivity index (χ3v) is 10.1. The summed E-state index contributed by atoms with van der Waals surface area (Å²) < 4.78 is 19.4. The average Bonchev–Trinajstić information content (AvgIpc) is 3.93. The quantitative estimate of drug-likeness (QED) is 0.0237. The Morgan fingerprint density at radius 3 is 2.10 bits per heavy atom. The van der Waals surface area contributed by atoms with Crippen LogP contribution >= 0.6 is 0 Å². The molecule has 0 aromatic carbocycles. The van der Waals surface area contributed by atoms with Crippen LogP contribution in [0.25, 0.3) is 0 Å².